The molecule has 1 saturated heterocycles. The number of nitrogens with one attached hydrogen (secondary N) is 1. The zero-order valence-corrected chi connectivity index (χ0v) is 17.0. The first-order valence-corrected chi connectivity index (χ1v) is 10.1. The van der Waals surface area contributed by atoms with E-state index in [4.69, 9.17) is 4.42 Å². The Morgan fingerprint density at radius 3 is 2.67 bits per heavy atom. The van der Waals surface area contributed by atoms with E-state index < -0.39 is 0 Å². The minimum absolute atomic E-state index is 0.0169. The van der Waals surface area contributed by atoms with Gasteiger partial charge < -0.3 is 14.6 Å². The molecule has 2 aromatic carbocycles. The molecule has 5 nitrogen and oxygen atoms in total. The van der Waals surface area contributed by atoms with E-state index >= 15 is 0 Å². The Labute approximate surface area is 175 Å². The van der Waals surface area contributed by atoms with Crippen LogP contribution in [0.5, 0.6) is 0 Å². The molecule has 6 heteroatoms. The Balaban J connectivity index is 1.57. The van der Waals surface area contributed by atoms with E-state index in [1.165, 1.54) is 12.1 Å². The van der Waals surface area contributed by atoms with Crippen molar-refractivity contribution in [3.8, 4) is 6.07 Å². The number of amides is 1. The van der Waals surface area contributed by atoms with Crippen LogP contribution in [0, 0.1) is 17.1 Å². The third-order valence-electron chi connectivity index (χ3n) is 6.10. The quantitative estimate of drug-likeness (QED) is 0.694. The average Bonchev–Trinajstić information content (AvgIpc) is 3.23. The maximum Gasteiger partial charge on any atom is 0.223 e. The number of carbonyl (C=O) groups is 1. The topological polar surface area (TPSA) is 69.3 Å². The van der Waals surface area contributed by atoms with Crippen molar-refractivity contribution in [3.63, 3.8) is 0 Å². The van der Waals surface area contributed by atoms with E-state index in [0.717, 1.165) is 42.4 Å². The molecule has 0 unspecified atom stereocenters. The minimum atomic E-state index is -0.307. The van der Waals surface area contributed by atoms with Crippen LogP contribution in [-0.4, -0.2) is 30.9 Å². The Morgan fingerprint density at radius 2 is 1.97 bits per heavy atom. The zero-order chi connectivity index (χ0) is 21.1. The van der Waals surface area contributed by atoms with Crippen molar-refractivity contribution >= 4 is 16.9 Å². The monoisotopic (exact) mass is 405 g/mol. The Morgan fingerprint density at radius 1 is 1.23 bits per heavy atom. The molecule has 4 rings (SSSR count). The highest BCUT2D eigenvalue weighted by atomic mass is 19.1. The summed E-state index contributed by atoms with van der Waals surface area (Å²) in [6, 6.07) is 14.1. The van der Waals surface area contributed by atoms with Gasteiger partial charge in [0.05, 0.1) is 17.9 Å². The van der Waals surface area contributed by atoms with Crippen molar-refractivity contribution in [1.29, 1.82) is 5.26 Å². The second-order valence-corrected chi connectivity index (χ2v) is 8.05. The van der Waals surface area contributed by atoms with Gasteiger partial charge in [-0.3, -0.25) is 4.79 Å². The summed E-state index contributed by atoms with van der Waals surface area (Å²) < 4.78 is 19.0. The molecule has 30 heavy (non-hydrogen) atoms. The van der Waals surface area contributed by atoms with Gasteiger partial charge in [0.2, 0.25) is 5.91 Å². The molecule has 0 radical (unpaired) electrons. The van der Waals surface area contributed by atoms with Crippen molar-refractivity contribution in [3.05, 3.63) is 71.2 Å². The molecule has 0 aliphatic carbocycles. The molecule has 1 aliphatic heterocycles. The van der Waals surface area contributed by atoms with Crippen LogP contribution in [0.3, 0.4) is 0 Å². The number of hydrogen-bond donors (Lipinski definition) is 1. The van der Waals surface area contributed by atoms with Gasteiger partial charge in [0.25, 0.3) is 0 Å². The lowest BCUT2D eigenvalue weighted by Crippen LogP contribution is -2.43. The number of benzene rings is 2. The lowest BCUT2D eigenvalue weighted by Gasteiger charge is -2.38. The zero-order valence-electron chi connectivity index (χ0n) is 17.0. The van der Waals surface area contributed by atoms with Gasteiger partial charge in [-0.1, -0.05) is 12.1 Å². The number of piperidine rings is 1. The van der Waals surface area contributed by atoms with Crippen molar-refractivity contribution in [1.82, 2.24) is 10.2 Å². The highest BCUT2D eigenvalue weighted by Gasteiger charge is 2.37. The highest BCUT2D eigenvalue weighted by molar-refractivity contribution is 5.83. The van der Waals surface area contributed by atoms with Gasteiger partial charge in [-0.05, 0) is 61.8 Å². The second-order valence-electron chi connectivity index (χ2n) is 8.05. The van der Waals surface area contributed by atoms with E-state index in [0.29, 0.717) is 24.1 Å². The van der Waals surface area contributed by atoms with E-state index in [1.54, 1.807) is 42.5 Å². The van der Waals surface area contributed by atoms with Crippen LogP contribution in [0.2, 0.25) is 0 Å². The SMILES string of the molecule is CN(Cc1cc(C#N)cc2ccoc12)C(=O)CC1(c2ccc(F)cc2)CCNCC1. The van der Waals surface area contributed by atoms with Crippen LogP contribution < -0.4 is 5.32 Å². The molecule has 2 heterocycles. The van der Waals surface area contributed by atoms with Crippen molar-refractivity contribution in [2.75, 3.05) is 20.1 Å². The van der Waals surface area contributed by atoms with Gasteiger partial charge in [-0.25, -0.2) is 4.39 Å². The summed E-state index contributed by atoms with van der Waals surface area (Å²) in [6.45, 7) is 2.01. The summed E-state index contributed by atoms with van der Waals surface area (Å²) in [4.78, 5) is 14.9. The van der Waals surface area contributed by atoms with Gasteiger partial charge >= 0.3 is 0 Å². The van der Waals surface area contributed by atoms with E-state index in [-0.39, 0.29) is 17.1 Å². The first-order valence-electron chi connectivity index (χ1n) is 10.1. The summed E-state index contributed by atoms with van der Waals surface area (Å²) in [5.74, 6) is -0.255. The molecule has 1 aliphatic rings. The summed E-state index contributed by atoms with van der Waals surface area (Å²) in [5, 5.41) is 13.5. The maximum atomic E-state index is 13.5. The van der Waals surface area contributed by atoms with Gasteiger partial charge in [0.1, 0.15) is 11.4 Å². The summed E-state index contributed by atoms with van der Waals surface area (Å²) >= 11 is 0. The molecule has 0 saturated carbocycles. The van der Waals surface area contributed by atoms with Crippen LogP contribution in [0.15, 0.2) is 53.1 Å². The number of fused-ring (bicyclic) bond motifs is 1. The number of halogens is 1. The van der Waals surface area contributed by atoms with E-state index in [1.807, 2.05) is 6.07 Å². The van der Waals surface area contributed by atoms with Crippen molar-refractivity contribution in [2.45, 2.75) is 31.2 Å². The molecule has 154 valence electrons. The van der Waals surface area contributed by atoms with Crippen molar-refractivity contribution < 1.29 is 13.6 Å². The number of nitriles is 1. The molecule has 1 amide bonds. The van der Waals surface area contributed by atoms with Crippen LogP contribution in [0.1, 0.15) is 36.0 Å². The number of nitrogens with zero attached hydrogens (tertiary/aromatic N) is 2. The predicted molar refractivity (Wildman–Crippen MR) is 112 cm³/mol. The largest absolute Gasteiger partial charge is 0.464 e. The summed E-state index contributed by atoms with van der Waals surface area (Å²) in [6.07, 6.45) is 3.60. The predicted octanol–water partition coefficient (Wildman–Crippen LogP) is 4.11. The van der Waals surface area contributed by atoms with Crippen LogP contribution in [0.25, 0.3) is 11.0 Å². The molecule has 1 aromatic heterocycles. The lowest BCUT2D eigenvalue weighted by molar-refractivity contribution is -0.132. The molecular weight excluding hydrogens is 381 g/mol. The highest BCUT2D eigenvalue weighted by Crippen LogP contribution is 2.37. The lowest BCUT2D eigenvalue weighted by atomic mass is 9.70. The second kappa shape index (κ2) is 8.29. The molecule has 3 aromatic rings. The number of hydrogen-bond acceptors (Lipinski definition) is 4. The molecule has 0 atom stereocenters. The van der Waals surface area contributed by atoms with Crippen LogP contribution in [-0.2, 0) is 16.8 Å². The Kier molecular flexibility index (Phi) is 5.56. The fourth-order valence-electron chi connectivity index (χ4n) is 4.38. The standard InChI is InChI=1S/C24H24FN3O2/c1-28(16-19-13-17(15-26)12-18-6-11-30-23(18)19)22(29)14-24(7-9-27-10-8-24)20-2-4-21(25)5-3-20/h2-6,11-13,27H,7-10,14,16H2,1H3. The fraction of sp³-hybridized carbons (Fsp3) is 0.333. The van der Waals surface area contributed by atoms with Gasteiger partial charge in [0.15, 0.2) is 0 Å². The number of carbonyl (C=O) groups excluding carboxylic acids is 1. The third kappa shape index (κ3) is 3.94. The fourth-order valence-corrected chi connectivity index (χ4v) is 4.38. The summed E-state index contributed by atoms with van der Waals surface area (Å²) in [5.41, 5.74) is 2.75. The molecule has 1 fully saturated rings. The number of rotatable bonds is 5. The van der Waals surface area contributed by atoms with Crippen LogP contribution in [0.4, 0.5) is 4.39 Å². The first-order chi connectivity index (χ1) is 14.5. The van der Waals surface area contributed by atoms with Gasteiger partial charge in [-0.15, -0.1) is 0 Å². The van der Waals surface area contributed by atoms with Crippen LogP contribution >= 0.6 is 0 Å². The van der Waals surface area contributed by atoms with E-state index in [2.05, 4.69) is 11.4 Å². The normalized spacial score (nSPS) is 15.6. The molecule has 0 spiro atoms. The third-order valence-corrected chi connectivity index (χ3v) is 6.10. The summed E-state index contributed by atoms with van der Waals surface area (Å²) in [7, 11) is 1.77. The minimum Gasteiger partial charge on any atom is -0.464 e. The van der Waals surface area contributed by atoms with Gasteiger partial charge in [0, 0.05) is 36.4 Å². The molecule has 1 N–H and O–H groups in total. The first kappa shape index (κ1) is 20.1. The average molecular weight is 405 g/mol. The Hall–Kier alpha value is -3.17. The van der Waals surface area contributed by atoms with E-state index in [9.17, 15) is 14.4 Å². The van der Waals surface area contributed by atoms with Gasteiger partial charge in [-0.2, -0.15) is 5.26 Å². The maximum absolute atomic E-state index is 13.5. The number of furan rings is 1. The smallest absolute Gasteiger partial charge is 0.223 e. The molecular formula is C24H24FN3O2. The van der Waals surface area contributed by atoms with Crippen molar-refractivity contribution in [2.24, 2.45) is 0 Å². The Bertz CT molecular complexity index is 1090. The molecule has 0 bridgehead atoms.